The molecule has 1 amide bonds. The van der Waals surface area contributed by atoms with Crippen molar-refractivity contribution < 1.29 is 18.3 Å². The van der Waals surface area contributed by atoms with Crippen LogP contribution in [0.2, 0.25) is 0 Å². The van der Waals surface area contributed by atoms with Gasteiger partial charge < -0.3 is 5.11 Å². The zero-order valence-electron chi connectivity index (χ0n) is 13.1. The van der Waals surface area contributed by atoms with Gasteiger partial charge in [-0.2, -0.15) is 13.7 Å². The Balaban J connectivity index is 2.01. The van der Waals surface area contributed by atoms with Gasteiger partial charge in [0, 0.05) is 6.42 Å². The van der Waals surface area contributed by atoms with Gasteiger partial charge in [0.05, 0.1) is 11.8 Å². The molecule has 2 aromatic rings. The van der Waals surface area contributed by atoms with Crippen LogP contribution in [-0.4, -0.2) is 26.0 Å². The summed E-state index contributed by atoms with van der Waals surface area (Å²) < 4.78 is 26.7. The minimum Gasteiger partial charge on any atom is -0.506 e. The van der Waals surface area contributed by atoms with Gasteiger partial charge in [0.25, 0.3) is 5.91 Å². The van der Waals surface area contributed by atoms with E-state index in [1.54, 1.807) is 0 Å². The summed E-state index contributed by atoms with van der Waals surface area (Å²) in [5.74, 6) is -0.862. The van der Waals surface area contributed by atoms with Crippen LogP contribution in [0.15, 0.2) is 36.4 Å². The van der Waals surface area contributed by atoms with Crippen LogP contribution in [0.5, 0.6) is 5.75 Å². The lowest BCUT2D eigenvalue weighted by molar-refractivity contribution is -0.117. The van der Waals surface area contributed by atoms with Crippen LogP contribution in [-0.2, 0) is 15.0 Å². The Hall–Kier alpha value is -3.05. The molecule has 0 spiro atoms. The molecule has 0 atom stereocenters. The molecule has 0 saturated carbocycles. The van der Waals surface area contributed by atoms with E-state index in [1.165, 1.54) is 12.1 Å². The van der Waals surface area contributed by atoms with Crippen molar-refractivity contribution in [1.29, 1.82) is 5.26 Å². The summed E-state index contributed by atoms with van der Waals surface area (Å²) in [6, 6.07) is 10.6. The highest BCUT2D eigenvalue weighted by molar-refractivity contribution is 7.92. The van der Waals surface area contributed by atoms with Crippen molar-refractivity contribution in [2.45, 2.75) is 12.8 Å². The van der Waals surface area contributed by atoms with Gasteiger partial charge in [0.1, 0.15) is 12.3 Å². The molecule has 1 aliphatic rings. The van der Waals surface area contributed by atoms with Crippen LogP contribution in [0, 0.1) is 11.3 Å². The Bertz CT molecular complexity index is 1020. The van der Waals surface area contributed by atoms with Crippen LogP contribution < -0.4 is 9.03 Å². The molecule has 1 aliphatic heterocycles. The molecule has 3 rings (SSSR count). The summed E-state index contributed by atoms with van der Waals surface area (Å²) in [6.07, 6.45) is 4.85. The standard InChI is InChI=1S/C17H15N3O4S/c18-7-3-1-2-4-12-5-6-13-10-16(21)15(9-14(13)8-12)20-11-17(22)19-25(20,23)24/h2,4-6,8-10,21H,1,3,11H2,(H,19,22)/b4-2+. The van der Waals surface area contributed by atoms with E-state index >= 15 is 0 Å². The second-order valence-electron chi connectivity index (χ2n) is 5.58. The highest BCUT2D eigenvalue weighted by Gasteiger charge is 2.35. The number of phenols is 1. The normalized spacial score (nSPS) is 16.3. The summed E-state index contributed by atoms with van der Waals surface area (Å²) >= 11 is 0. The number of fused-ring (bicyclic) bond motifs is 1. The Morgan fingerprint density at radius 3 is 2.76 bits per heavy atom. The van der Waals surface area contributed by atoms with Crippen molar-refractivity contribution in [2.75, 3.05) is 10.8 Å². The molecule has 2 N–H and O–H groups in total. The van der Waals surface area contributed by atoms with E-state index in [9.17, 15) is 18.3 Å². The molecule has 2 aromatic carbocycles. The van der Waals surface area contributed by atoms with Crippen molar-refractivity contribution in [3.8, 4) is 11.8 Å². The third-order valence-electron chi connectivity index (χ3n) is 3.78. The summed E-state index contributed by atoms with van der Waals surface area (Å²) in [5, 5.41) is 20.2. The largest absolute Gasteiger partial charge is 0.506 e. The molecule has 0 bridgehead atoms. The molecule has 128 valence electrons. The summed E-state index contributed by atoms with van der Waals surface area (Å²) in [6.45, 7) is -0.366. The smallest absolute Gasteiger partial charge is 0.326 e. The fraction of sp³-hybridized carbons (Fsp3) is 0.176. The number of benzene rings is 2. The van der Waals surface area contributed by atoms with Crippen LogP contribution >= 0.6 is 0 Å². The molecule has 0 aliphatic carbocycles. The van der Waals surface area contributed by atoms with E-state index in [0.717, 1.165) is 20.6 Å². The van der Waals surface area contributed by atoms with Gasteiger partial charge in [-0.05, 0) is 41.0 Å². The number of allylic oxidation sites excluding steroid dienone is 1. The highest BCUT2D eigenvalue weighted by atomic mass is 32.2. The minimum absolute atomic E-state index is 0.0523. The van der Waals surface area contributed by atoms with Gasteiger partial charge >= 0.3 is 10.2 Å². The Morgan fingerprint density at radius 1 is 1.28 bits per heavy atom. The quantitative estimate of drug-likeness (QED) is 0.814. The lowest BCUT2D eigenvalue weighted by Gasteiger charge is -2.17. The predicted molar refractivity (Wildman–Crippen MR) is 93.9 cm³/mol. The minimum atomic E-state index is -3.98. The van der Waals surface area contributed by atoms with E-state index in [2.05, 4.69) is 6.07 Å². The first-order chi connectivity index (χ1) is 11.9. The fourth-order valence-corrected chi connectivity index (χ4v) is 3.78. The number of hydrogen-bond donors (Lipinski definition) is 2. The number of unbranched alkanes of at least 4 members (excludes halogenated alkanes) is 1. The van der Waals surface area contributed by atoms with Crippen molar-refractivity contribution in [3.05, 3.63) is 42.0 Å². The third kappa shape index (κ3) is 3.41. The van der Waals surface area contributed by atoms with E-state index in [4.69, 9.17) is 5.26 Å². The van der Waals surface area contributed by atoms with E-state index in [-0.39, 0.29) is 18.0 Å². The van der Waals surface area contributed by atoms with Gasteiger partial charge in [-0.15, -0.1) is 0 Å². The molecule has 0 radical (unpaired) electrons. The zero-order chi connectivity index (χ0) is 18.0. The number of nitrogens with zero attached hydrogens (tertiary/aromatic N) is 2. The number of carbonyl (C=O) groups is 1. The fourth-order valence-electron chi connectivity index (χ4n) is 2.62. The van der Waals surface area contributed by atoms with E-state index in [0.29, 0.717) is 12.8 Å². The van der Waals surface area contributed by atoms with E-state index < -0.39 is 16.1 Å². The number of nitriles is 1. The molecule has 7 nitrogen and oxygen atoms in total. The molecule has 1 heterocycles. The van der Waals surface area contributed by atoms with Gasteiger partial charge in [0.2, 0.25) is 0 Å². The second-order valence-corrected chi connectivity index (χ2v) is 7.18. The highest BCUT2D eigenvalue weighted by Crippen LogP contribution is 2.35. The topological polar surface area (TPSA) is 110 Å². The number of carbonyl (C=O) groups excluding carboxylic acids is 1. The number of phenolic OH excluding ortho intramolecular Hbond substituents is 1. The summed E-state index contributed by atoms with van der Waals surface area (Å²) in [5.41, 5.74) is 0.942. The first-order valence-electron chi connectivity index (χ1n) is 7.54. The predicted octanol–water partition coefficient (Wildman–Crippen LogP) is 2.04. The van der Waals surface area contributed by atoms with Crippen molar-refractivity contribution >= 4 is 38.7 Å². The maximum atomic E-state index is 12.0. The van der Waals surface area contributed by atoms with Gasteiger partial charge in [-0.1, -0.05) is 24.3 Å². The Labute approximate surface area is 145 Å². The van der Waals surface area contributed by atoms with Crippen LogP contribution in [0.3, 0.4) is 0 Å². The van der Waals surface area contributed by atoms with E-state index in [1.807, 2.05) is 35.1 Å². The number of rotatable bonds is 4. The summed E-state index contributed by atoms with van der Waals surface area (Å²) in [7, 11) is -3.98. The van der Waals surface area contributed by atoms with Gasteiger partial charge in [-0.25, -0.2) is 9.03 Å². The van der Waals surface area contributed by atoms with Crippen molar-refractivity contribution in [2.24, 2.45) is 0 Å². The third-order valence-corrected chi connectivity index (χ3v) is 5.17. The van der Waals surface area contributed by atoms with Crippen molar-refractivity contribution in [1.82, 2.24) is 4.72 Å². The molecule has 0 aromatic heterocycles. The monoisotopic (exact) mass is 357 g/mol. The first-order valence-corrected chi connectivity index (χ1v) is 8.98. The van der Waals surface area contributed by atoms with Crippen LogP contribution in [0.25, 0.3) is 16.8 Å². The number of nitrogens with one attached hydrogen (secondary N) is 1. The lowest BCUT2D eigenvalue weighted by atomic mass is 10.0. The molecule has 25 heavy (non-hydrogen) atoms. The average molecular weight is 357 g/mol. The number of amides is 1. The number of hydrogen-bond acceptors (Lipinski definition) is 5. The number of anilines is 1. The maximum Gasteiger partial charge on any atom is 0.326 e. The Kier molecular flexibility index (Phi) is 4.33. The van der Waals surface area contributed by atoms with Crippen molar-refractivity contribution in [3.63, 3.8) is 0 Å². The molecular formula is C17H15N3O4S. The lowest BCUT2D eigenvalue weighted by Crippen LogP contribution is -2.29. The molecular weight excluding hydrogens is 342 g/mol. The summed E-state index contributed by atoms with van der Waals surface area (Å²) in [4.78, 5) is 11.4. The Morgan fingerprint density at radius 2 is 2.08 bits per heavy atom. The van der Waals surface area contributed by atoms with Crippen LogP contribution in [0.4, 0.5) is 5.69 Å². The molecule has 0 unspecified atom stereocenters. The van der Waals surface area contributed by atoms with Crippen LogP contribution in [0.1, 0.15) is 18.4 Å². The maximum absolute atomic E-state index is 12.0. The first kappa shape index (κ1) is 16.8. The molecule has 1 fully saturated rings. The van der Waals surface area contributed by atoms with Gasteiger partial charge in [-0.3, -0.25) is 4.79 Å². The average Bonchev–Trinajstić information content (AvgIpc) is 2.83. The van der Waals surface area contributed by atoms with Gasteiger partial charge in [0.15, 0.2) is 0 Å². The molecule has 8 heteroatoms. The zero-order valence-corrected chi connectivity index (χ0v) is 14.0. The molecule has 1 saturated heterocycles. The SMILES string of the molecule is N#CCC/C=C/c1ccc2cc(O)c(N3CC(=O)NS3(=O)=O)cc2c1. The number of aromatic hydroxyl groups is 1. The second kappa shape index (κ2) is 6.45.